The number of hydrogen-bond donors (Lipinski definition) is 0. The monoisotopic (exact) mass is 232 g/mol. The summed E-state index contributed by atoms with van der Waals surface area (Å²) in [5.41, 5.74) is 1.28. The third-order valence-electron chi connectivity index (χ3n) is 3.61. The van der Waals surface area contributed by atoms with Crippen molar-refractivity contribution in [2.45, 2.75) is 44.3 Å². The molecule has 0 spiro atoms. The molecule has 2 heteroatoms. The maximum absolute atomic E-state index is 5.75. The molecule has 1 unspecified atom stereocenters. The minimum absolute atomic E-state index is 0.262. The molecule has 0 aliphatic heterocycles. The molecule has 92 valence electrons. The molecule has 2 saturated carbocycles. The van der Waals surface area contributed by atoms with E-state index in [1.165, 1.54) is 37.7 Å². The van der Waals surface area contributed by atoms with E-state index in [4.69, 9.17) is 9.47 Å². The van der Waals surface area contributed by atoms with Gasteiger partial charge in [0, 0.05) is 7.11 Å². The summed E-state index contributed by atoms with van der Waals surface area (Å²) in [4.78, 5) is 0. The van der Waals surface area contributed by atoms with E-state index >= 15 is 0 Å². The van der Waals surface area contributed by atoms with E-state index in [-0.39, 0.29) is 6.10 Å². The van der Waals surface area contributed by atoms with Crippen LogP contribution in [0.1, 0.15) is 43.8 Å². The fourth-order valence-corrected chi connectivity index (χ4v) is 2.16. The van der Waals surface area contributed by atoms with Crippen molar-refractivity contribution in [3.63, 3.8) is 0 Å². The Balaban J connectivity index is 1.63. The Bertz CT molecular complexity index is 363. The molecule has 17 heavy (non-hydrogen) atoms. The van der Waals surface area contributed by atoms with Crippen LogP contribution in [0.3, 0.4) is 0 Å². The van der Waals surface area contributed by atoms with Crippen LogP contribution in [0.25, 0.3) is 0 Å². The second-order valence-corrected chi connectivity index (χ2v) is 5.29. The van der Waals surface area contributed by atoms with Gasteiger partial charge in [-0.05, 0) is 42.9 Å². The molecule has 1 aromatic rings. The Morgan fingerprint density at radius 2 is 1.82 bits per heavy atom. The fraction of sp³-hybridized carbons (Fsp3) is 0.600. The van der Waals surface area contributed by atoms with E-state index in [1.54, 1.807) is 0 Å². The average Bonchev–Trinajstić information content (AvgIpc) is 3.22. The van der Waals surface area contributed by atoms with E-state index in [1.807, 2.05) is 7.11 Å². The predicted octanol–water partition coefficient (Wildman–Crippen LogP) is 3.72. The first kappa shape index (κ1) is 11.1. The van der Waals surface area contributed by atoms with Crippen LogP contribution in [0.2, 0.25) is 0 Å². The van der Waals surface area contributed by atoms with Gasteiger partial charge in [0.1, 0.15) is 5.75 Å². The van der Waals surface area contributed by atoms with Gasteiger partial charge in [0.2, 0.25) is 0 Å². The molecule has 2 fully saturated rings. The summed E-state index contributed by atoms with van der Waals surface area (Å²) in [6, 6.07) is 8.45. The molecule has 0 amide bonds. The van der Waals surface area contributed by atoms with Crippen molar-refractivity contribution in [1.29, 1.82) is 0 Å². The lowest BCUT2D eigenvalue weighted by Gasteiger charge is -2.15. The zero-order chi connectivity index (χ0) is 11.7. The smallest absolute Gasteiger partial charge is 0.119 e. The molecule has 1 atom stereocenters. The van der Waals surface area contributed by atoms with Crippen molar-refractivity contribution in [3.05, 3.63) is 29.8 Å². The minimum atomic E-state index is 0.262. The Hall–Kier alpha value is -1.02. The van der Waals surface area contributed by atoms with Crippen molar-refractivity contribution < 1.29 is 9.47 Å². The molecule has 2 nitrogen and oxygen atoms in total. The summed E-state index contributed by atoms with van der Waals surface area (Å²) >= 11 is 0. The van der Waals surface area contributed by atoms with Gasteiger partial charge in [0.15, 0.2) is 0 Å². The standard InChI is InChI=1S/C15H20O2/c1-16-15(10-11-2-3-11)12-4-6-13(7-5-12)17-14-8-9-14/h4-7,11,14-15H,2-3,8-10H2,1H3. The topological polar surface area (TPSA) is 18.5 Å². The third kappa shape index (κ3) is 3.01. The van der Waals surface area contributed by atoms with Gasteiger partial charge in [-0.15, -0.1) is 0 Å². The third-order valence-corrected chi connectivity index (χ3v) is 3.61. The van der Waals surface area contributed by atoms with Gasteiger partial charge in [-0.3, -0.25) is 0 Å². The lowest BCUT2D eigenvalue weighted by Crippen LogP contribution is -2.03. The highest BCUT2D eigenvalue weighted by molar-refractivity contribution is 5.29. The first-order valence-electron chi connectivity index (χ1n) is 6.64. The van der Waals surface area contributed by atoms with Gasteiger partial charge in [-0.1, -0.05) is 25.0 Å². The molecular formula is C15H20O2. The molecular weight excluding hydrogens is 212 g/mol. The quantitative estimate of drug-likeness (QED) is 0.744. The van der Waals surface area contributed by atoms with E-state index in [0.29, 0.717) is 6.10 Å². The highest BCUT2D eigenvalue weighted by Crippen LogP contribution is 2.39. The number of hydrogen-bond acceptors (Lipinski definition) is 2. The molecule has 0 heterocycles. The van der Waals surface area contributed by atoms with Gasteiger partial charge in [-0.2, -0.15) is 0 Å². The van der Waals surface area contributed by atoms with Crippen LogP contribution in [0.15, 0.2) is 24.3 Å². The molecule has 0 saturated heterocycles. The molecule has 0 radical (unpaired) electrons. The molecule has 3 rings (SSSR count). The predicted molar refractivity (Wildman–Crippen MR) is 67.2 cm³/mol. The Kier molecular flexibility index (Phi) is 3.06. The van der Waals surface area contributed by atoms with Crippen LogP contribution in [0, 0.1) is 5.92 Å². The minimum Gasteiger partial charge on any atom is -0.490 e. The van der Waals surface area contributed by atoms with Gasteiger partial charge in [0.25, 0.3) is 0 Å². The van der Waals surface area contributed by atoms with Crippen LogP contribution in [0.5, 0.6) is 5.75 Å². The van der Waals surface area contributed by atoms with Crippen molar-refractivity contribution in [2.24, 2.45) is 5.92 Å². The number of methoxy groups -OCH3 is 1. The molecule has 2 aliphatic carbocycles. The van der Waals surface area contributed by atoms with Crippen molar-refractivity contribution >= 4 is 0 Å². The molecule has 0 bridgehead atoms. The zero-order valence-corrected chi connectivity index (χ0v) is 10.4. The Morgan fingerprint density at radius 1 is 1.12 bits per heavy atom. The summed E-state index contributed by atoms with van der Waals surface area (Å²) in [7, 11) is 1.81. The molecule has 0 aromatic heterocycles. The van der Waals surface area contributed by atoms with E-state index in [0.717, 1.165) is 11.7 Å². The van der Waals surface area contributed by atoms with Gasteiger partial charge in [-0.25, -0.2) is 0 Å². The zero-order valence-electron chi connectivity index (χ0n) is 10.4. The summed E-state index contributed by atoms with van der Waals surface area (Å²) in [6.07, 6.45) is 7.09. The van der Waals surface area contributed by atoms with Crippen LogP contribution in [-0.2, 0) is 4.74 Å². The Morgan fingerprint density at radius 3 is 2.35 bits per heavy atom. The second kappa shape index (κ2) is 4.69. The molecule has 1 aromatic carbocycles. The van der Waals surface area contributed by atoms with E-state index in [9.17, 15) is 0 Å². The van der Waals surface area contributed by atoms with E-state index in [2.05, 4.69) is 24.3 Å². The number of benzene rings is 1. The summed E-state index contributed by atoms with van der Waals surface area (Å²) < 4.78 is 11.3. The van der Waals surface area contributed by atoms with Crippen LogP contribution < -0.4 is 4.74 Å². The van der Waals surface area contributed by atoms with Crippen molar-refractivity contribution in [3.8, 4) is 5.75 Å². The summed E-state index contributed by atoms with van der Waals surface area (Å²) in [6.45, 7) is 0. The van der Waals surface area contributed by atoms with E-state index < -0.39 is 0 Å². The SMILES string of the molecule is COC(CC1CC1)c1ccc(OC2CC2)cc1. The van der Waals surface area contributed by atoms with Crippen LogP contribution in [0.4, 0.5) is 0 Å². The molecule has 2 aliphatic rings. The molecule has 0 N–H and O–H groups in total. The normalized spacial score (nSPS) is 21.2. The first-order valence-corrected chi connectivity index (χ1v) is 6.64. The number of rotatable bonds is 6. The summed E-state index contributed by atoms with van der Waals surface area (Å²) in [5, 5.41) is 0. The maximum Gasteiger partial charge on any atom is 0.119 e. The van der Waals surface area contributed by atoms with Gasteiger partial charge < -0.3 is 9.47 Å². The Labute approximate surface area is 103 Å². The van der Waals surface area contributed by atoms with Gasteiger partial charge in [0.05, 0.1) is 12.2 Å². The lowest BCUT2D eigenvalue weighted by atomic mass is 10.0. The fourth-order valence-electron chi connectivity index (χ4n) is 2.16. The lowest BCUT2D eigenvalue weighted by molar-refractivity contribution is 0.0906. The first-order chi connectivity index (χ1) is 8.35. The van der Waals surface area contributed by atoms with Gasteiger partial charge >= 0.3 is 0 Å². The van der Waals surface area contributed by atoms with Crippen LogP contribution >= 0.6 is 0 Å². The highest BCUT2D eigenvalue weighted by atomic mass is 16.5. The highest BCUT2D eigenvalue weighted by Gasteiger charge is 2.26. The largest absolute Gasteiger partial charge is 0.490 e. The van der Waals surface area contributed by atoms with Crippen LogP contribution in [-0.4, -0.2) is 13.2 Å². The van der Waals surface area contributed by atoms with Crippen molar-refractivity contribution in [1.82, 2.24) is 0 Å². The average molecular weight is 232 g/mol. The number of ether oxygens (including phenoxy) is 2. The second-order valence-electron chi connectivity index (χ2n) is 5.29. The summed E-state index contributed by atoms with van der Waals surface area (Å²) in [5.74, 6) is 1.89. The maximum atomic E-state index is 5.75. The van der Waals surface area contributed by atoms with Crippen molar-refractivity contribution in [2.75, 3.05) is 7.11 Å².